The highest BCUT2D eigenvalue weighted by Crippen LogP contribution is 2.25. The number of aliphatic carboxylic acids is 1. The van der Waals surface area contributed by atoms with Crippen LogP contribution >= 0.6 is 11.8 Å². The first-order chi connectivity index (χ1) is 61.4. The van der Waals surface area contributed by atoms with Gasteiger partial charge in [-0.15, -0.1) is 11.8 Å². The Morgan fingerprint density at radius 3 is 1.43 bits per heavy atom. The molecule has 0 spiro atoms. The third-order valence-electron chi connectivity index (χ3n) is 22.1. The normalized spacial score (nSPS) is 21.9. The Morgan fingerprint density at radius 2 is 0.899 bits per heavy atom. The van der Waals surface area contributed by atoms with E-state index in [0.717, 1.165) is 26.5 Å². The summed E-state index contributed by atoms with van der Waals surface area (Å²) in [6.07, 6.45) is 0.0924. The van der Waals surface area contributed by atoms with Crippen molar-refractivity contribution >= 4 is 117 Å². The molecule has 0 radical (unpaired) electrons. The van der Waals surface area contributed by atoms with Crippen molar-refractivity contribution in [1.82, 2.24) is 77.3 Å². The van der Waals surface area contributed by atoms with Crippen molar-refractivity contribution in [2.75, 3.05) is 66.4 Å². The van der Waals surface area contributed by atoms with Gasteiger partial charge < -0.3 is 98.4 Å². The van der Waals surface area contributed by atoms with Gasteiger partial charge in [-0.3, -0.25) is 76.7 Å². The number of aromatic hydroxyl groups is 2. The molecule has 0 saturated carbocycles. The monoisotopic (exact) mass is 1790 g/mol. The number of nitrogens with two attached hydrogens (primary N) is 1. The van der Waals surface area contributed by atoms with Crippen LogP contribution < -0.4 is 53.6 Å². The summed E-state index contributed by atoms with van der Waals surface area (Å²) in [5, 5.41) is 55.6. The number of phenolic OH excluding ortho intramolecular Hbond substituents is 2. The Hall–Kier alpha value is -13.7. The molecule has 15 N–H and O–H groups in total. The molecule has 1 unspecified atom stereocenters. The summed E-state index contributed by atoms with van der Waals surface area (Å²) < 4.78 is 0. The molecular weight excluding hydrogens is 1680 g/mol. The lowest BCUT2D eigenvalue weighted by Crippen LogP contribution is -2.61. The zero-order chi connectivity index (χ0) is 94.3. The summed E-state index contributed by atoms with van der Waals surface area (Å²) in [6, 6.07) is 27.2. The number of hydrogen-bond donors (Lipinski definition) is 14. The van der Waals surface area contributed by atoms with Crippen LogP contribution in [0.4, 0.5) is 0 Å². The van der Waals surface area contributed by atoms with Crippen LogP contribution in [0.2, 0.25) is 0 Å². The van der Waals surface area contributed by atoms with Crippen molar-refractivity contribution in [3.8, 4) is 11.5 Å². The third kappa shape index (κ3) is 30.5. The molecule has 1 aliphatic heterocycles. The van der Waals surface area contributed by atoms with E-state index in [1.165, 1.54) is 93.6 Å². The van der Waals surface area contributed by atoms with Crippen LogP contribution in [-0.2, 0) is 115 Å². The van der Waals surface area contributed by atoms with Gasteiger partial charge in [0.1, 0.15) is 78.0 Å². The van der Waals surface area contributed by atoms with E-state index in [1.54, 1.807) is 149 Å². The number of rotatable bonds is 23. The molecule has 0 bridgehead atoms. The van der Waals surface area contributed by atoms with Gasteiger partial charge in [-0.2, -0.15) is 0 Å². The number of nitrogens with zero attached hydrogens (tertiary/aromatic N) is 5. The molecule has 2 heterocycles. The number of fused-ring (bicyclic) bond motifs is 1. The zero-order valence-electron chi connectivity index (χ0n) is 74.1. The molecular formula is C93H118N16O19S. The van der Waals surface area contributed by atoms with Gasteiger partial charge in [0, 0.05) is 96.6 Å². The molecule has 1 fully saturated rings. The molecule has 1 saturated heterocycles. The minimum Gasteiger partial charge on any atom is -0.508 e. The van der Waals surface area contributed by atoms with E-state index in [0.29, 0.717) is 57.1 Å². The van der Waals surface area contributed by atoms with E-state index in [9.17, 15) is 58.5 Å². The SMILES string of the molecule is CCCC[C@H]1C(=O)N(C)CC(=O)N[C@@H](CC(=O)O)C(=O)N[C@@H](C(C)C)C(=O)N(C)[C@@H](Cc2ccccc2)C(=O)N[C@H](Cc2ccc(O)cc2)C(=O)N(C)CC(=O)N[C@@H](Cc2c[nH]c3ccccc23)C(=O)NC(Cc2ccc(O)cc2)C(=O)N[C@@H](CC(C)C)C(=O)N[C@H](C(=O)NCC(N)=O)CSCC(=O)N[C@@H](Cc2ccccc2)C(=O)N(C)[C@@H](Cc2ccccc2)C(=O)N1C. The van der Waals surface area contributed by atoms with Gasteiger partial charge in [0.15, 0.2) is 0 Å². The molecule has 129 heavy (non-hydrogen) atoms. The van der Waals surface area contributed by atoms with Crippen molar-refractivity contribution < 1.29 is 92.0 Å². The van der Waals surface area contributed by atoms with Crippen molar-refractivity contribution in [2.45, 2.75) is 172 Å². The molecule has 15 amide bonds. The number of aromatic amines is 1. The largest absolute Gasteiger partial charge is 0.508 e. The van der Waals surface area contributed by atoms with Gasteiger partial charge in [-0.25, -0.2) is 0 Å². The quantitative estimate of drug-likeness (QED) is 0.0437. The van der Waals surface area contributed by atoms with Gasteiger partial charge in [0.05, 0.1) is 31.8 Å². The van der Waals surface area contributed by atoms with Crippen LogP contribution in [0.3, 0.4) is 0 Å². The molecule has 0 aliphatic carbocycles. The fourth-order valence-corrected chi connectivity index (χ4v) is 15.8. The number of hydrogen-bond acceptors (Lipinski definition) is 19. The van der Waals surface area contributed by atoms with Crippen molar-refractivity contribution in [3.05, 3.63) is 203 Å². The number of H-pyrrole nitrogens is 1. The van der Waals surface area contributed by atoms with E-state index in [2.05, 4.69) is 52.8 Å². The highest BCUT2D eigenvalue weighted by atomic mass is 32.2. The van der Waals surface area contributed by atoms with Crippen LogP contribution in [0.1, 0.15) is 100 Å². The first kappa shape index (κ1) is 101. The van der Waals surface area contributed by atoms with Gasteiger partial charge >= 0.3 is 5.97 Å². The Labute approximate surface area is 753 Å². The number of benzene rings is 6. The number of phenols is 2. The number of carboxylic acid groups (broad SMARTS) is 1. The van der Waals surface area contributed by atoms with E-state index in [-0.39, 0.29) is 74.5 Å². The third-order valence-corrected chi connectivity index (χ3v) is 23.1. The summed E-state index contributed by atoms with van der Waals surface area (Å²) in [7, 11) is 6.54. The number of nitrogens with one attached hydrogen (secondary N) is 10. The number of likely N-dealkylation sites (N-methyl/N-ethyl adjacent to an activating group) is 5. The number of aromatic nitrogens is 1. The number of primary amides is 1. The first-order valence-electron chi connectivity index (χ1n) is 42.7. The van der Waals surface area contributed by atoms with Crippen molar-refractivity contribution in [1.29, 1.82) is 0 Å². The highest BCUT2D eigenvalue weighted by Gasteiger charge is 2.42. The maximum Gasteiger partial charge on any atom is 0.305 e. The fraction of sp³-hybridized carbons (Fsp3) is 0.419. The summed E-state index contributed by atoms with van der Waals surface area (Å²) in [5.41, 5.74) is 9.11. The molecule has 36 heteroatoms. The lowest BCUT2D eigenvalue weighted by molar-refractivity contribution is -0.151. The Balaban J connectivity index is 1.21. The molecule has 1 aliphatic rings. The predicted octanol–water partition coefficient (Wildman–Crippen LogP) is 2.33. The first-order valence-corrected chi connectivity index (χ1v) is 43.8. The van der Waals surface area contributed by atoms with Gasteiger partial charge in [0.2, 0.25) is 88.6 Å². The smallest absolute Gasteiger partial charge is 0.305 e. The van der Waals surface area contributed by atoms with E-state index in [1.807, 2.05) is 6.92 Å². The Morgan fingerprint density at radius 1 is 0.457 bits per heavy atom. The average molecular weight is 1800 g/mol. The number of thioether (sulfide) groups is 1. The fourth-order valence-electron chi connectivity index (χ4n) is 14.9. The van der Waals surface area contributed by atoms with E-state index in [4.69, 9.17) is 5.73 Å². The molecule has 6 aromatic carbocycles. The van der Waals surface area contributed by atoms with E-state index < -0.39 is 199 Å². The molecule has 690 valence electrons. The lowest BCUT2D eigenvalue weighted by atomic mass is 9.98. The maximum atomic E-state index is 15.5. The highest BCUT2D eigenvalue weighted by molar-refractivity contribution is 8.00. The van der Waals surface area contributed by atoms with E-state index >= 15 is 33.6 Å². The predicted molar refractivity (Wildman–Crippen MR) is 482 cm³/mol. The van der Waals surface area contributed by atoms with Crippen molar-refractivity contribution in [3.63, 3.8) is 0 Å². The van der Waals surface area contributed by atoms with Gasteiger partial charge in [-0.05, 0) is 88.4 Å². The second kappa shape index (κ2) is 48.9. The summed E-state index contributed by atoms with van der Waals surface area (Å²) in [6.45, 7) is 6.17. The number of carboxylic acids is 1. The minimum absolute atomic E-state index is 0.0299. The molecule has 11 atom stereocenters. The topological polar surface area (TPSA) is 500 Å². The van der Waals surface area contributed by atoms with Crippen LogP contribution in [0.25, 0.3) is 10.9 Å². The molecule has 35 nitrogen and oxygen atoms in total. The number of para-hydroxylation sites is 1. The van der Waals surface area contributed by atoms with Gasteiger partial charge in [-0.1, -0.05) is 181 Å². The second-order valence-electron chi connectivity index (χ2n) is 33.1. The van der Waals surface area contributed by atoms with Crippen LogP contribution in [-0.4, -0.2) is 272 Å². The zero-order valence-corrected chi connectivity index (χ0v) is 74.9. The maximum absolute atomic E-state index is 15.5. The minimum atomic E-state index is -1.91. The van der Waals surface area contributed by atoms with Crippen molar-refractivity contribution in [2.24, 2.45) is 17.6 Å². The average Bonchev–Trinajstić information content (AvgIpc) is 1.50. The van der Waals surface area contributed by atoms with Crippen LogP contribution in [0.15, 0.2) is 170 Å². The van der Waals surface area contributed by atoms with Crippen LogP contribution in [0, 0.1) is 11.8 Å². The molecule has 7 aromatic rings. The summed E-state index contributed by atoms with van der Waals surface area (Å²) >= 11 is 0.829. The summed E-state index contributed by atoms with van der Waals surface area (Å²) in [4.78, 5) is 243. The number of carbonyl (C=O) groups is 16. The summed E-state index contributed by atoms with van der Waals surface area (Å²) in [5.74, 6) is -17.4. The van der Waals surface area contributed by atoms with Crippen LogP contribution in [0.5, 0.6) is 11.5 Å². The Bertz CT molecular complexity index is 5070. The number of amides is 15. The molecule has 8 rings (SSSR count). The Kier molecular flexibility index (Phi) is 38.2. The van der Waals surface area contributed by atoms with Gasteiger partial charge in [0.25, 0.3) is 0 Å². The lowest BCUT2D eigenvalue weighted by Gasteiger charge is -2.37. The number of carbonyl (C=O) groups excluding carboxylic acids is 15. The molecule has 1 aromatic heterocycles. The standard InChI is InChI=1S/C93H118N16O19S/c1-11-12-32-74-91(126)106(7)52-79(114)98-70(48-81(116)117)87(122)104-82(56(4)5)93(128)108(9)75(45-58-26-18-14-19-27-58)88(123)102-71(44-61-35-39-64(111)40-36-61)89(124)105(6)51-78(113)97-69(47-62-49-95-66-31-23-22-30-65(62)66)86(121)101-68(42-60-33-37-63(110)38-34-60)85(120)100-67(41-55(2)3)84(119)103-73(83(118)96-50-77(94)112)53-129-54-80(115)99-72(43-57-24-16-13-17-25-57)90(125)109(10)76(92(127)107(74)8)46-59-28-20-15-21-29-59/h13-31,33-40,49,55-56,67-76,82,95,110-111H,11-12,32,41-48,50-54H2,1-10H3,(H2,94,112)(H,96,118)(H,97,113)(H,98,114)(H,99,115)(H,100,120)(H,101,121)(H,102,123)(H,103,119)(H,104,122)(H,116,117)/t67-,68?,69-,70-,71+,72-,73-,74-,75-,76-,82-/m0/s1. The number of unbranched alkanes of at least 4 members (excludes halogenated alkanes) is 1. The second-order valence-corrected chi connectivity index (χ2v) is 34.1.